The molecule has 0 aromatic heterocycles. The minimum Gasteiger partial charge on any atom is -0.423 e. The summed E-state index contributed by atoms with van der Waals surface area (Å²) in [7, 11) is 0. The van der Waals surface area contributed by atoms with Gasteiger partial charge < -0.3 is 9.47 Å². The van der Waals surface area contributed by atoms with Crippen molar-refractivity contribution in [3.8, 4) is 11.5 Å². The van der Waals surface area contributed by atoms with Crippen LogP contribution in [-0.4, -0.2) is 11.9 Å². The van der Waals surface area contributed by atoms with Crippen molar-refractivity contribution in [2.24, 2.45) is 0 Å². The van der Waals surface area contributed by atoms with Crippen molar-refractivity contribution >= 4 is 33.5 Å². The molecule has 184 valence electrons. The number of carbonyl (C=O) groups excluding carboxylic acids is 2. The van der Waals surface area contributed by atoms with E-state index in [2.05, 4.69) is 0 Å². The summed E-state index contributed by atoms with van der Waals surface area (Å²) in [4.78, 5) is 25.0. The van der Waals surface area contributed by atoms with Crippen molar-refractivity contribution < 1.29 is 36.6 Å². The van der Waals surface area contributed by atoms with Crippen LogP contribution in [0.25, 0.3) is 21.5 Å². The van der Waals surface area contributed by atoms with Gasteiger partial charge in [0.15, 0.2) is 23.3 Å². The van der Waals surface area contributed by atoms with Crippen molar-refractivity contribution in [3.63, 3.8) is 0 Å². The van der Waals surface area contributed by atoms with Gasteiger partial charge in [0.2, 0.25) is 0 Å². The Kier molecular flexibility index (Phi) is 6.09. The van der Waals surface area contributed by atoms with Crippen LogP contribution in [-0.2, 0) is 0 Å². The van der Waals surface area contributed by atoms with Gasteiger partial charge in [-0.25, -0.2) is 27.2 Å². The van der Waals surface area contributed by atoms with Crippen LogP contribution >= 0.6 is 0 Å². The van der Waals surface area contributed by atoms with Gasteiger partial charge in [-0.1, -0.05) is 24.3 Å². The van der Waals surface area contributed by atoms with E-state index in [0.29, 0.717) is 16.3 Å². The molecular formula is C29H16F4O4. The number of benzene rings is 5. The van der Waals surface area contributed by atoms with Crippen molar-refractivity contribution in [2.75, 3.05) is 0 Å². The first-order valence-electron chi connectivity index (χ1n) is 11.0. The van der Waals surface area contributed by atoms with E-state index in [1.165, 1.54) is 0 Å². The molecule has 0 aliphatic carbocycles. The van der Waals surface area contributed by atoms with E-state index in [-0.39, 0.29) is 22.6 Å². The van der Waals surface area contributed by atoms with E-state index in [9.17, 15) is 27.2 Å². The summed E-state index contributed by atoms with van der Waals surface area (Å²) < 4.78 is 64.4. The minimum absolute atomic E-state index is 0.150. The van der Waals surface area contributed by atoms with Gasteiger partial charge in [-0.15, -0.1) is 0 Å². The average molecular weight is 504 g/mol. The van der Waals surface area contributed by atoms with Gasteiger partial charge in [-0.3, -0.25) is 0 Å². The first-order valence-corrected chi connectivity index (χ1v) is 11.0. The maximum Gasteiger partial charge on any atom is 0.343 e. The van der Waals surface area contributed by atoms with Crippen LogP contribution in [0.15, 0.2) is 78.9 Å². The fraction of sp³-hybridized carbons (Fsp3) is 0.0345. The molecule has 0 aliphatic heterocycles. The Morgan fingerprint density at radius 1 is 0.595 bits per heavy atom. The normalized spacial score (nSPS) is 11.1. The van der Waals surface area contributed by atoms with Gasteiger partial charge in [0, 0.05) is 5.56 Å². The van der Waals surface area contributed by atoms with Gasteiger partial charge in [0.25, 0.3) is 0 Å². The number of carbonyl (C=O) groups is 2. The third kappa shape index (κ3) is 4.61. The highest BCUT2D eigenvalue weighted by atomic mass is 19.2. The summed E-state index contributed by atoms with van der Waals surface area (Å²) in [6.07, 6.45) is 0. The van der Waals surface area contributed by atoms with E-state index in [1.807, 2.05) is 12.1 Å². The summed E-state index contributed by atoms with van der Waals surface area (Å²) in [5, 5.41) is 2.99. The van der Waals surface area contributed by atoms with Crippen LogP contribution in [0.1, 0.15) is 26.3 Å². The summed E-state index contributed by atoms with van der Waals surface area (Å²) in [6.45, 7) is 1.73. The summed E-state index contributed by atoms with van der Waals surface area (Å²) >= 11 is 0. The minimum atomic E-state index is -1.17. The molecule has 0 spiro atoms. The fourth-order valence-corrected chi connectivity index (χ4v) is 4.03. The second-order valence-electron chi connectivity index (χ2n) is 8.27. The number of rotatable bonds is 4. The van der Waals surface area contributed by atoms with Gasteiger partial charge >= 0.3 is 11.9 Å². The summed E-state index contributed by atoms with van der Waals surface area (Å²) in [6, 6.07) is 17.4. The Balaban J connectivity index is 1.51. The largest absolute Gasteiger partial charge is 0.423 e. The number of halogens is 4. The third-order valence-corrected chi connectivity index (χ3v) is 5.91. The molecule has 0 atom stereocenters. The van der Waals surface area contributed by atoms with Crippen LogP contribution in [0.5, 0.6) is 11.5 Å². The lowest BCUT2D eigenvalue weighted by Gasteiger charge is -2.13. The number of hydrogen-bond donors (Lipinski definition) is 0. The van der Waals surface area contributed by atoms with Crippen LogP contribution < -0.4 is 9.47 Å². The zero-order chi connectivity index (χ0) is 26.3. The highest BCUT2D eigenvalue weighted by molar-refractivity contribution is 6.10. The molecular weight excluding hydrogens is 488 g/mol. The van der Waals surface area contributed by atoms with E-state index in [0.717, 1.165) is 47.2 Å². The van der Waals surface area contributed by atoms with Crippen LogP contribution in [0.3, 0.4) is 0 Å². The zero-order valence-electron chi connectivity index (χ0n) is 19.2. The number of fused-ring (bicyclic) bond motifs is 3. The molecule has 0 N–H and O–H groups in total. The molecule has 0 saturated carbocycles. The molecule has 0 heterocycles. The molecule has 37 heavy (non-hydrogen) atoms. The first kappa shape index (κ1) is 24.0. The standard InChI is InChI=1S/C29H16F4O4/c1-15-26(37-29(35)19-6-10-23(31)25(33)13-19)11-7-17-3-2-16-4-8-20(14-21(16)27(15)17)36-28(34)18-5-9-22(30)24(32)12-18/h2-14H,1H3. The SMILES string of the molecule is Cc1c(OC(=O)c2ccc(F)c(F)c2)ccc2ccc3ccc(OC(=O)c4ccc(F)c(F)c4)cc3c12. The lowest BCUT2D eigenvalue weighted by atomic mass is 9.97. The van der Waals surface area contributed by atoms with E-state index in [4.69, 9.17) is 9.47 Å². The van der Waals surface area contributed by atoms with E-state index in [1.54, 1.807) is 37.3 Å². The Morgan fingerprint density at radius 2 is 1.14 bits per heavy atom. The molecule has 0 aliphatic rings. The Bertz CT molecular complexity index is 1730. The fourth-order valence-electron chi connectivity index (χ4n) is 4.03. The Labute approximate surface area is 207 Å². The van der Waals surface area contributed by atoms with Crippen LogP contribution in [0.2, 0.25) is 0 Å². The molecule has 8 heteroatoms. The molecule has 0 radical (unpaired) electrons. The molecule has 0 fully saturated rings. The molecule has 5 aromatic rings. The second-order valence-corrected chi connectivity index (χ2v) is 8.27. The number of esters is 2. The predicted octanol–water partition coefficient (Wildman–Crippen LogP) is 7.30. The van der Waals surface area contributed by atoms with Crippen LogP contribution in [0.4, 0.5) is 17.6 Å². The highest BCUT2D eigenvalue weighted by Gasteiger charge is 2.17. The summed E-state index contributed by atoms with van der Waals surface area (Å²) in [5.74, 6) is -5.84. The van der Waals surface area contributed by atoms with Crippen LogP contribution in [0, 0.1) is 30.2 Å². The molecule has 0 unspecified atom stereocenters. The number of aryl methyl sites for hydroxylation is 1. The molecule has 0 bridgehead atoms. The average Bonchev–Trinajstić information content (AvgIpc) is 2.88. The summed E-state index contributed by atoms with van der Waals surface area (Å²) in [5.41, 5.74) is 0.283. The predicted molar refractivity (Wildman–Crippen MR) is 129 cm³/mol. The van der Waals surface area contributed by atoms with Gasteiger partial charge in [0.1, 0.15) is 11.5 Å². The van der Waals surface area contributed by atoms with Crippen molar-refractivity contribution in [2.45, 2.75) is 6.92 Å². The second kappa shape index (κ2) is 9.39. The van der Waals surface area contributed by atoms with E-state index >= 15 is 0 Å². The first-order chi connectivity index (χ1) is 17.7. The Hall–Kier alpha value is -4.72. The highest BCUT2D eigenvalue weighted by Crippen LogP contribution is 2.35. The number of ether oxygens (including phenoxy) is 2. The van der Waals surface area contributed by atoms with Crippen molar-refractivity contribution in [1.29, 1.82) is 0 Å². The lowest BCUT2D eigenvalue weighted by Crippen LogP contribution is -2.10. The molecule has 0 saturated heterocycles. The maximum atomic E-state index is 13.6. The monoisotopic (exact) mass is 504 g/mol. The maximum absolute atomic E-state index is 13.6. The van der Waals surface area contributed by atoms with Crippen molar-refractivity contribution in [1.82, 2.24) is 0 Å². The quantitative estimate of drug-likeness (QED) is 0.112. The molecule has 5 aromatic carbocycles. The van der Waals surface area contributed by atoms with Gasteiger partial charge in [0.05, 0.1) is 11.1 Å². The van der Waals surface area contributed by atoms with Gasteiger partial charge in [-0.2, -0.15) is 0 Å². The Morgan fingerprint density at radius 3 is 1.76 bits per heavy atom. The molecule has 0 amide bonds. The molecule has 4 nitrogen and oxygen atoms in total. The van der Waals surface area contributed by atoms with Gasteiger partial charge in [-0.05, 0) is 83.1 Å². The topological polar surface area (TPSA) is 52.6 Å². The third-order valence-electron chi connectivity index (χ3n) is 5.91. The number of hydrogen-bond acceptors (Lipinski definition) is 4. The zero-order valence-corrected chi connectivity index (χ0v) is 19.2. The lowest BCUT2D eigenvalue weighted by molar-refractivity contribution is 0.0724. The van der Waals surface area contributed by atoms with Crippen molar-refractivity contribution in [3.05, 3.63) is 119 Å². The van der Waals surface area contributed by atoms with E-state index < -0.39 is 35.2 Å². The smallest absolute Gasteiger partial charge is 0.343 e. The molecule has 5 rings (SSSR count).